The van der Waals surface area contributed by atoms with Crippen LogP contribution in [0.2, 0.25) is 0 Å². The molecule has 0 saturated carbocycles. The lowest BCUT2D eigenvalue weighted by molar-refractivity contribution is -0.161. The zero-order valence-corrected chi connectivity index (χ0v) is 37.4. The number of esters is 2. The number of unbranched alkanes of at least 4 members (excludes halogenated alkanes) is 17. The van der Waals surface area contributed by atoms with E-state index >= 15 is 0 Å². The van der Waals surface area contributed by atoms with Gasteiger partial charge in [-0.3, -0.25) is 23.4 Å². The van der Waals surface area contributed by atoms with E-state index in [-0.39, 0.29) is 31.7 Å². The summed E-state index contributed by atoms with van der Waals surface area (Å²) in [4.78, 5) is 46.1. The quantitative estimate of drug-likeness (QED) is 0.0174. The molecule has 1 rings (SSSR count). The Morgan fingerprint density at radius 1 is 0.610 bits per heavy atom. The molecule has 0 spiro atoms. The number of allylic oxidation sites excluding steroid dienone is 6. The van der Waals surface area contributed by atoms with Gasteiger partial charge in [-0.25, -0.2) is 4.57 Å². The number of carbonyl (C=O) groups excluding carboxylic acids is 2. The van der Waals surface area contributed by atoms with Crippen LogP contribution in [0.25, 0.3) is 0 Å². The molecule has 0 aromatic carbocycles. The van der Waals surface area contributed by atoms with Crippen molar-refractivity contribution >= 4 is 25.7 Å². The van der Waals surface area contributed by atoms with Gasteiger partial charge in [0.25, 0.3) is 0 Å². The van der Waals surface area contributed by atoms with Crippen LogP contribution in [0.15, 0.2) is 48.6 Å². The van der Waals surface area contributed by atoms with E-state index in [4.69, 9.17) is 29.6 Å². The fraction of sp³-hybridized carbons (Fsp3) is 0.761. The summed E-state index contributed by atoms with van der Waals surface area (Å²) in [5.41, 5.74) is 5.34. The molecule has 3 unspecified atom stereocenters. The monoisotopic (exact) mass is 854 g/mol. The molecule has 5 atom stereocenters. The molecule has 4 N–H and O–H groups in total. The SMILES string of the molecule is CCCCC/C=C\C/C=C\CC1OC1C/C=C\CCCC(=O)OC[C@H](COP(=O)(O)OC[C@H](N)C(=O)O)OC(=O)CCCCCCCCC/C=C\CCCCCCCC. The van der Waals surface area contributed by atoms with E-state index in [0.717, 1.165) is 57.8 Å². The Bertz CT molecular complexity index is 1250. The van der Waals surface area contributed by atoms with Crippen molar-refractivity contribution in [3.8, 4) is 0 Å². The average molecular weight is 854 g/mol. The summed E-state index contributed by atoms with van der Waals surface area (Å²) in [5, 5.41) is 8.90. The van der Waals surface area contributed by atoms with E-state index in [1.807, 2.05) is 6.08 Å². The highest BCUT2D eigenvalue weighted by Gasteiger charge is 2.36. The Kier molecular flexibility index (Phi) is 34.3. The third kappa shape index (κ3) is 34.8. The van der Waals surface area contributed by atoms with Gasteiger partial charge >= 0.3 is 25.7 Å². The van der Waals surface area contributed by atoms with Gasteiger partial charge in [-0.15, -0.1) is 0 Å². The summed E-state index contributed by atoms with van der Waals surface area (Å²) in [6, 6.07) is -1.53. The highest BCUT2D eigenvalue weighted by Crippen LogP contribution is 2.43. The molecule has 0 radical (unpaired) electrons. The van der Waals surface area contributed by atoms with Gasteiger partial charge in [0, 0.05) is 12.8 Å². The molecular formula is C46H80NO11P. The number of carbonyl (C=O) groups is 3. The lowest BCUT2D eigenvalue weighted by atomic mass is 10.1. The smallest absolute Gasteiger partial charge is 0.472 e. The van der Waals surface area contributed by atoms with E-state index in [0.29, 0.717) is 19.3 Å². The molecule has 340 valence electrons. The van der Waals surface area contributed by atoms with Crippen molar-refractivity contribution in [1.82, 2.24) is 0 Å². The zero-order valence-electron chi connectivity index (χ0n) is 36.5. The molecule has 1 aliphatic rings. The molecular weight excluding hydrogens is 773 g/mol. The number of hydrogen-bond acceptors (Lipinski definition) is 10. The predicted molar refractivity (Wildman–Crippen MR) is 235 cm³/mol. The number of phosphoric acid groups is 1. The van der Waals surface area contributed by atoms with Crippen molar-refractivity contribution < 1.29 is 52.2 Å². The lowest BCUT2D eigenvalue weighted by Crippen LogP contribution is -2.34. The molecule has 0 amide bonds. The third-order valence-electron chi connectivity index (χ3n) is 9.95. The van der Waals surface area contributed by atoms with Gasteiger partial charge < -0.3 is 29.9 Å². The minimum absolute atomic E-state index is 0.136. The molecule has 1 fully saturated rings. The first-order chi connectivity index (χ1) is 28.6. The van der Waals surface area contributed by atoms with Crippen LogP contribution in [0.3, 0.4) is 0 Å². The average Bonchev–Trinajstić information content (AvgIpc) is 3.97. The van der Waals surface area contributed by atoms with E-state index < -0.39 is 51.1 Å². The maximum atomic E-state index is 12.7. The van der Waals surface area contributed by atoms with Crippen LogP contribution < -0.4 is 5.73 Å². The molecule has 13 heteroatoms. The van der Waals surface area contributed by atoms with Gasteiger partial charge in [0.15, 0.2) is 6.10 Å². The van der Waals surface area contributed by atoms with Gasteiger partial charge in [-0.1, -0.05) is 140 Å². The van der Waals surface area contributed by atoms with E-state index in [2.05, 4.69) is 60.9 Å². The molecule has 0 aromatic heterocycles. The lowest BCUT2D eigenvalue weighted by Gasteiger charge is -2.20. The Hall–Kier alpha value is -2.60. The van der Waals surface area contributed by atoms with Crippen molar-refractivity contribution in [3.05, 3.63) is 48.6 Å². The van der Waals surface area contributed by atoms with Crippen molar-refractivity contribution in [3.63, 3.8) is 0 Å². The summed E-state index contributed by atoms with van der Waals surface area (Å²) in [6.45, 7) is 2.70. The summed E-state index contributed by atoms with van der Waals surface area (Å²) in [7, 11) is -4.74. The van der Waals surface area contributed by atoms with Crippen LogP contribution in [0.4, 0.5) is 0 Å². The topological polar surface area (TPSA) is 184 Å². The molecule has 0 aliphatic carbocycles. The van der Waals surface area contributed by atoms with Crippen LogP contribution in [0, 0.1) is 0 Å². The predicted octanol–water partition coefficient (Wildman–Crippen LogP) is 11.2. The van der Waals surface area contributed by atoms with Crippen LogP contribution in [-0.4, -0.2) is 72.1 Å². The summed E-state index contributed by atoms with van der Waals surface area (Å²) in [6.07, 6.45) is 43.4. The first-order valence-corrected chi connectivity index (χ1v) is 24.3. The highest BCUT2D eigenvalue weighted by atomic mass is 31.2. The number of epoxide rings is 1. The number of carboxylic acid groups (broad SMARTS) is 1. The van der Waals surface area contributed by atoms with E-state index in [1.54, 1.807) is 0 Å². The Morgan fingerprint density at radius 3 is 1.69 bits per heavy atom. The largest absolute Gasteiger partial charge is 0.480 e. The second kappa shape index (κ2) is 37.2. The molecule has 0 aromatic rings. The fourth-order valence-corrected chi connectivity index (χ4v) is 6.99. The first-order valence-electron chi connectivity index (χ1n) is 22.8. The molecule has 0 bridgehead atoms. The van der Waals surface area contributed by atoms with Crippen LogP contribution in [0.5, 0.6) is 0 Å². The van der Waals surface area contributed by atoms with Crippen LogP contribution in [-0.2, 0) is 42.2 Å². The standard InChI is InChI=1S/C46H80NO11P/c1-3-5-7-9-11-13-14-15-16-17-18-19-20-22-24-26-32-36-45(49)57-40(38-55-59(52,53)56-39-41(47)46(50)51)37-54-44(48)35-31-28-27-30-34-43-42(58-43)33-29-25-23-21-12-10-8-6-4-2/h12,15-16,21,25,27,29-30,40-43H,3-11,13-14,17-20,22-24,26,28,31-39,47H2,1-2H3,(H,50,51)(H,52,53)/b16-15-,21-12-,29-25-,30-27-/t40-,41+,42?,43?/m1/s1. The minimum Gasteiger partial charge on any atom is -0.480 e. The molecule has 1 heterocycles. The van der Waals surface area contributed by atoms with Crippen molar-refractivity contribution in [2.75, 3.05) is 19.8 Å². The number of rotatable bonds is 41. The Balaban J connectivity index is 2.32. The van der Waals surface area contributed by atoms with Crippen molar-refractivity contribution in [2.45, 2.75) is 205 Å². The third-order valence-corrected chi connectivity index (χ3v) is 10.9. The minimum atomic E-state index is -4.74. The molecule has 1 saturated heterocycles. The van der Waals surface area contributed by atoms with E-state index in [9.17, 15) is 23.8 Å². The fourth-order valence-electron chi connectivity index (χ4n) is 6.21. The highest BCUT2D eigenvalue weighted by molar-refractivity contribution is 7.47. The van der Waals surface area contributed by atoms with Crippen molar-refractivity contribution in [2.24, 2.45) is 5.73 Å². The molecule has 12 nitrogen and oxygen atoms in total. The number of phosphoric ester groups is 1. The summed E-state index contributed by atoms with van der Waals surface area (Å²) in [5.74, 6) is -2.47. The first kappa shape index (κ1) is 54.4. The molecule has 59 heavy (non-hydrogen) atoms. The summed E-state index contributed by atoms with van der Waals surface area (Å²) < 4.78 is 38.5. The van der Waals surface area contributed by atoms with Gasteiger partial charge in [0.05, 0.1) is 25.4 Å². The Labute approximate surface area is 356 Å². The summed E-state index contributed by atoms with van der Waals surface area (Å²) >= 11 is 0. The number of hydrogen-bond donors (Lipinski definition) is 3. The van der Waals surface area contributed by atoms with Crippen molar-refractivity contribution in [1.29, 1.82) is 0 Å². The molecule has 1 aliphatic heterocycles. The number of aliphatic carboxylic acids is 1. The number of nitrogens with two attached hydrogens (primary N) is 1. The van der Waals surface area contributed by atoms with Gasteiger partial charge in [0.2, 0.25) is 0 Å². The maximum absolute atomic E-state index is 12.7. The van der Waals surface area contributed by atoms with Crippen LogP contribution in [0.1, 0.15) is 181 Å². The van der Waals surface area contributed by atoms with E-state index in [1.165, 1.54) is 77.0 Å². The van der Waals surface area contributed by atoms with Gasteiger partial charge in [0.1, 0.15) is 12.6 Å². The zero-order chi connectivity index (χ0) is 43.2. The van der Waals surface area contributed by atoms with Crippen LogP contribution >= 0.6 is 7.82 Å². The van der Waals surface area contributed by atoms with Gasteiger partial charge in [-0.05, 0) is 77.0 Å². The second-order valence-corrected chi connectivity index (χ2v) is 17.0. The normalized spacial score (nSPS) is 17.6. The van der Waals surface area contributed by atoms with Gasteiger partial charge in [-0.2, -0.15) is 0 Å². The second-order valence-electron chi connectivity index (χ2n) is 15.6. The maximum Gasteiger partial charge on any atom is 0.472 e. The number of ether oxygens (including phenoxy) is 3. The number of carboxylic acids is 1. The Morgan fingerprint density at radius 2 is 1.07 bits per heavy atom.